The maximum absolute atomic E-state index is 11.7. The van der Waals surface area contributed by atoms with Gasteiger partial charge in [0.05, 0.1) is 17.3 Å². The van der Waals surface area contributed by atoms with Crippen LogP contribution in [0.15, 0.2) is 85.4 Å². The van der Waals surface area contributed by atoms with Gasteiger partial charge >= 0.3 is 0 Å². The number of anilines is 3. The van der Waals surface area contributed by atoms with Crippen LogP contribution in [0.1, 0.15) is 78.9 Å². The van der Waals surface area contributed by atoms with Gasteiger partial charge in [-0.3, -0.25) is 24.8 Å². The number of carbonyl (C=O) groups is 4. The molecule has 1 aromatic heterocycles. The van der Waals surface area contributed by atoms with Crippen molar-refractivity contribution in [2.45, 2.75) is 76.5 Å². The van der Waals surface area contributed by atoms with Crippen molar-refractivity contribution in [1.29, 1.82) is 5.41 Å². The lowest BCUT2D eigenvalue weighted by Gasteiger charge is -2.49. The summed E-state index contributed by atoms with van der Waals surface area (Å²) < 4.78 is 5.74. The summed E-state index contributed by atoms with van der Waals surface area (Å²) in [5, 5.41) is 13.9. The second-order valence-corrected chi connectivity index (χ2v) is 17.5. The van der Waals surface area contributed by atoms with Gasteiger partial charge in [0, 0.05) is 87.7 Å². The molecule has 1 amide bonds. The largest absolute Gasteiger partial charge is 0.458 e. The third-order valence-electron chi connectivity index (χ3n) is 12.7. The number of nitrogens with one attached hydrogen (secondary N) is 3. The Morgan fingerprint density at radius 1 is 0.942 bits per heavy atom. The predicted octanol–water partition coefficient (Wildman–Crippen LogP) is 4.58. The van der Waals surface area contributed by atoms with Crippen molar-refractivity contribution in [2.24, 2.45) is 0 Å². The topological polar surface area (TPSA) is 219 Å². The molecule has 17 nitrogen and oxygen atoms in total. The molecule has 0 bridgehead atoms. The van der Waals surface area contributed by atoms with Gasteiger partial charge in [-0.25, -0.2) is 9.97 Å². The average molecular weight is 949 g/mol. The highest BCUT2D eigenvalue weighted by atomic mass is 16.5. The summed E-state index contributed by atoms with van der Waals surface area (Å²) in [7, 11) is 5.62. The molecule has 0 aliphatic carbocycles. The fourth-order valence-electron chi connectivity index (χ4n) is 8.78. The van der Waals surface area contributed by atoms with Gasteiger partial charge in [-0.1, -0.05) is 25.2 Å². The number of nitrogen functional groups attached to an aromatic ring is 2. The van der Waals surface area contributed by atoms with Crippen molar-refractivity contribution >= 4 is 48.3 Å². The summed E-state index contributed by atoms with van der Waals surface area (Å²) in [5.41, 5.74) is 15.4. The van der Waals surface area contributed by atoms with Crippen molar-refractivity contribution < 1.29 is 23.9 Å². The normalized spacial score (nSPS) is 16.8. The number of aldehydes is 3. The van der Waals surface area contributed by atoms with Gasteiger partial charge < -0.3 is 51.1 Å². The zero-order valence-corrected chi connectivity index (χ0v) is 41.2. The standard InChI is InChI=1S/C32H50N6O4.C18H19N5O.C2H7N/c1-34(31(25-41)6-5-19-39)21-28-20-30(8-7-27(28)24-40)37-15-17-38(18-16-37)32-22-35(23-32)14-10-29(9-11-33-26-42)36-12-3-2-4-13-36;1-3-5-6-13(4-2)24-14-9-7-12(8-10-14)16(19)15-17(20)22-11-23-18(15)21;1-3-2/h7-8,19-20,24-26,29,31-32H,2-6,9-18,21-23H2,1H3,(H,33,42);3-11,19H,1H2,2H3,(H4,20,21,22,23);3H,1-2H3/b;6-5-,13-4+,19-16?;. The number of benzene rings is 2. The number of piperidine rings is 1. The van der Waals surface area contributed by atoms with E-state index >= 15 is 0 Å². The second-order valence-electron chi connectivity index (χ2n) is 17.5. The number of rotatable bonds is 24. The molecule has 3 saturated heterocycles. The Labute approximate surface area is 409 Å². The molecule has 2 unspecified atom stereocenters. The molecule has 3 aliphatic heterocycles. The van der Waals surface area contributed by atoms with Gasteiger partial charge in [0.25, 0.3) is 0 Å². The van der Waals surface area contributed by atoms with Crippen LogP contribution in [0.5, 0.6) is 5.75 Å². The molecule has 374 valence electrons. The monoisotopic (exact) mass is 949 g/mol. The molecule has 7 N–H and O–H groups in total. The number of piperazine rings is 1. The Hall–Kier alpha value is -6.11. The second kappa shape index (κ2) is 30.4. The number of likely N-dealkylation sites (tertiary alicyclic amines) is 2. The highest BCUT2D eigenvalue weighted by Gasteiger charge is 2.34. The van der Waals surface area contributed by atoms with E-state index < -0.39 is 0 Å². The Morgan fingerprint density at radius 2 is 1.62 bits per heavy atom. The van der Waals surface area contributed by atoms with Crippen LogP contribution in [0, 0.1) is 5.41 Å². The Bertz CT molecular complexity index is 2110. The number of nitrogens with two attached hydrogens (primary N) is 2. The molecule has 2 atom stereocenters. The van der Waals surface area contributed by atoms with Crippen LogP contribution >= 0.6 is 0 Å². The Balaban J connectivity index is 0.000000324. The van der Waals surface area contributed by atoms with E-state index in [0.29, 0.717) is 59.7 Å². The minimum Gasteiger partial charge on any atom is -0.458 e. The van der Waals surface area contributed by atoms with Gasteiger partial charge in [-0.15, -0.1) is 0 Å². The van der Waals surface area contributed by atoms with E-state index in [-0.39, 0.29) is 23.4 Å². The van der Waals surface area contributed by atoms with Crippen LogP contribution in [0.2, 0.25) is 0 Å². The highest BCUT2D eigenvalue weighted by molar-refractivity contribution is 6.16. The van der Waals surface area contributed by atoms with Crippen molar-refractivity contribution in [1.82, 2.24) is 40.2 Å². The highest BCUT2D eigenvalue weighted by Crippen LogP contribution is 2.26. The van der Waals surface area contributed by atoms with Crippen LogP contribution in [0.25, 0.3) is 0 Å². The molecule has 0 spiro atoms. The maximum atomic E-state index is 11.7. The molecule has 3 aromatic rings. The van der Waals surface area contributed by atoms with E-state index in [4.69, 9.17) is 21.6 Å². The molecule has 3 aliphatic rings. The van der Waals surface area contributed by atoms with Crippen molar-refractivity contribution in [2.75, 3.05) is 103 Å². The fraction of sp³-hybridized carbons (Fsp3) is 0.481. The van der Waals surface area contributed by atoms with Crippen molar-refractivity contribution in [3.8, 4) is 5.75 Å². The number of ether oxygens (including phenoxy) is 1. The number of nitrogens with zero attached hydrogens (tertiary/aromatic N) is 7. The maximum Gasteiger partial charge on any atom is 0.207 e. The lowest BCUT2D eigenvalue weighted by atomic mass is 10.0. The zero-order valence-electron chi connectivity index (χ0n) is 41.2. The van der Waals surface area contributed by atoms with Gasteiger partial charge in [-0.05, 0) is 140 Å². The van der Waals surface area contributed by atoms with Gasteiger partial charge in [0.2, 0.25) is 6.41 Å². The minimum atomic E-state index is -0.348. The first-order valence-electron chi connectivity index (χ1n) is 24.1. The van der Waals surface area contributed by atoms with E-state index in [1.165, 1.54) is 45.1 Å². The molecule has 0 saturated carbocycles. The Kier molecular flexibility index (Phi) is 24.4. The molecule has 3 fully saturated rings. The lowest BCUT2D eigenvalue weighted by molar-refractivity contribution is -0.113. The number of likely N-dealkylation sites (N-methyl/N-ethyl adjacent to an activating group) is 1. The summed E-state index contributed by atoms with van der Waals surface area (Å²) in [6.45, 7) is 16.5. The van der Waals surface area contributed by atoms with Crippen molar-refractivity contribution in [3.63, 3.8) is 0 Å². The summed E-state index contributed by atoms with van der Waals surface area (Å²) in [4.78, 5) is 64.7. The van der Waals surface area contributed by atoms with E-state index in [1.54, 1.807) is 36.4 Å². The first-order chi connectivity index (χ1) is 33.5. The summed E-state index contributed by atoms with van der Waals surface area (Å²) in [6, 6.07) is 13.9. The zero-order chi connectivity index (χ0) is 50.0. The number of amides is 1. The quantitative estimate of drug-likeness (QED) is 0.0273. The number of aromatic nitrogens is 2. The van der Waals surface area contributed by atoms with Crippen LogP contribution in [-0.4, -0.2) is 165 Å². The van der Waals surface area contributed by atoms with Crippen LogP contribution < -0.4 is 31.7 Å². The van der Waals surface area contributed by atoms with E-state index in [9.17, 15) is 19.2 Å². The predicted molar refractivity (Wildman–Crippen MR) is 277 cm³/mol. The molecular weight excluding hydrogens is 873 g/mol. The number of allylic oxidation sites excluding steroid dienone is 4. The third kappa shape index (κ3) is 17.4. The molecular formula is C52H76N12O5. The Morgan fingerprint density at radius 3 is 2.22 bits per heavy atom. The molecule has 2 aromatic carbocycles. The average Bonchev–Trinajstić information content (AvgIpc) is 3.35. The van der Waals surface area contributed by atoms with Gasteiger partial charge in [-0.2, -0.15) is 0 Å². The number of carbonyl (C=O) groups excluding carboxylic acids is 4. The van der Waals surface area contributed by atoms with E-state index in [2.05, 4.69) is 52.8 Å². The van der Waals surface area contributed by atoms with Gasteiger partial charge in [0.15, 0.2) is 0 Å². The molecule has 17 heteroatoms. The number of hydrogen-bond acceptors (Lipinski definition) is 16. The molecule has 6 rings (SSSR count). The first kappa shape index (κ1) is 55.5. The van der Waals surface area contributed by atoms with Crippen LogP contribution in [0.4, 0.5) is 17.3 Å². The van der Waals surface area contributed by atoms with E-state index in [0.717, 1.165) is 95.3 Å². The SMILES string of the molecule is C=C/C=C\C(=C/C)Oc1ccc(C(=N)c2c(N)ncnc2N)cc1.CN(Cc1cc(N2CCN(C3CN(CCC(CCNC=O)N4CCCCC4)C3)CC2)ccc1C=O)C(C=O)CCC=O.CNC. The summed E-state index contributed by atoms with van der Waals surface area (Å²) in [5.74, 6) is 1.71. The van der Waals surface area contributed by atoms with Gasteiger partial charge in [0.1, 0.15) is 48.3 Å². The fourth-order valence-corrected chi connectivity index (χ4v) is 8.78. The molecule has 0 radical (unpaired) electrons. The van der Waals surface area contributed by atoms with Crippen molar-refractivity contribution in [3.05, 3.63) is 108 Å². The van der Waals surface area contributed by atoms with E-state index in [1.807, 2.05) is 57.3 Å². The lowest BCUT2D eigenvalue weighted by Crippen LogP contribution is -2.63. The number of hydrogen-bond donors (Lipinski definition) is 5. The van der Waals surface area contributed by atoms with Crippen LogP contribution in [-0.2, 0) is 20.9 Å². The third-order valence-corrected chi connectivity index (χ3v) is 12.7. The van der Waals surface area contributed by atoms with Crippen LogP contribution in [0.3, 0.4) is 0 Å². The first-order valence-corrected chi connectivity index (χ1v) is 24.1. The molecule has 4 heterocycles. The smallest absolute Gasteiger partial charge is 0.207 e. The minimum absolute atomic E-state index is 0.162. The molecule has 69 heavy (non-hydrogen) atoms. The summed E-state index contributed by atoms with van der Waals surface area (Å²) >= 11 is 0. The summed E-state index contributed by atoms with van der Waals surface area (Å²) in [6.07, 6.45) is 18.8.